The first-order valence-corrected chi connectivity index (χ1v) is 32.8. The van der Waals surface area contributed by atoms with Crippen molar-refractivity contribution >= 4 is 65.0 Å². The summed E-state index contributed by atoms with van der Waals surface area (Å²) in [4.78, 5) is 149. The number of carbonyl (C=O) groups excluding carboxylic acids is 11. The van der Waals surface area contributed by atoms with Gasteiger partial charge in [0, 0.05) is 67.3 Å². The number of nitrogens with one attached hydrogen (secondary N) is 10. The number of hydrogen-bond donors (Lipinski definition) is 11. The standard InChI is InChI=1S/C62H95N11O11/c1-32(74)64-44-23-3-13-34(44)54(76)66-46-25-5-15-36(46)56(78)68-48-27-7-17-38(48)58(80)70-50-29-9-19-40(50)60(82)72-52-31-11-21-42(52)62(84)73-51-30-10-20-41(51)61(83)71-49-28-8-18-39(49)59(81)69-47-26-6-16-37(47)57(79)67-45-24-4-14-35(45)55(77)65-43-22-2-12-33(43)53(63)75/h33-52H,2-31H2,1H3,(H2,63,75)(H,64,74)(H,65,77)(H,66,76)(H,67,79)(H,68,78)(H,69,81)(H,70,80)(H,71,83)(H,72,82)(H,73,84)/t33-,34-,35-,36-,37-,38-,39-,40-,41-,42-,43-,44-,45-,46-,47-,48-,49-,50-,51-,52-/m0/s1. The molecule has 12 N–H and O–H groups in total. The average molecular weight is 1170 g/mol. The molecular weight excluding hydrogens is 1070 g/mol. The quantitative estimate of drug-likeness (QED) is 0.0841. The van der Waals surface area contributed by atoms with Crippen LogP contribution in [0.3, 0.4) is 0 Å². The first-order chi connectivity index (χ1) is 40.5. The molecule has 22 heteroatoms. The minimum atomic E-state index is -0.477. The van der Waals surface area contributed by atoms with Crippen molar-refractivity contribution in [3.05, 3.63) is 0 Å². The SMILES string of the molecule is CC(=O)N[C@H]1CCC[C@@H]1C(=O)N[C@H]1CCC[C@@H]1C(=O)N[C@H]1CCC[C@@H]1C(=O)N[C@H]1CCC[C@@H]1C(=O)N[C@H]1CCC[C@@H]1C(=O)N[C@H]1CCC[C@@H]1C(=O)N[C@H]1CCC[C@@H]1C(=O)N[C@H]1CCC[C@@H]1C(=O)N[C@H]1CCC[C@@H]1C(=O)N[C@H]1CCC[C@@H]1C(N)=O. The van der Waals surface area contributed by atoms with Crippen LogP contribution in [0.2, 0.25) is 0 Å². The largest absolute Gasteiger partial charge is 0.369 e. The third kappa shape index (κ3) is 14.2. The summed E-state index contributed by atoms with van der Waals surface area (Å²) < 4.78 is 0. The molecule has 0 heterocycles. The van der Waals surface area contributed by atoms with Crippen LogP contribution in [-0.4, -0.2) is 125 Å². The normalized spacial score (nSPS) is 37.9. The Morgan fingerprint density at radius 3 is 0.488 bits per heavy atom. The molecule has 10 aliphatic carbocycles. The second kappa shape index (κ2) is 27.7. The van der Waals surface area contributed by atoms with Gasteiger partial charge in [-0.1, -0.05) is 64.2 Å². The Labute approximate surface area is 494 Å². The van der Waals surface area contributed by atoms with Gasteiger partial charge in [-0.25, -0.2) is 0 Å². The van der Waals surface area contributed by atoms with Gasteiger partial charge in [-0.2, -0.15) is 0 Å². The van der Waals surface area contributed by atoms with Crippen LogP contribution in [0.4, 0.5) is 0 Å². The molecule has 10 fully saturated rings. The van der Waals surface area contributed by atoms with Crippen LogP contribution in [0.25, 0.3) is 0 Å². The second-order valence-corrected chi connectivity index (χ2v) is 27.1. The topological polar surface area (TPSA) is 334 Å². The van der Waals surface area contributed by atoms with Crippen LogP contribution < -0.4 is 58.9 Å². The molecule has 0 bridgehead atoms. The molecule has 22 nitrogen and oxygen atoms in total. The third-order valence-electron chi connectivity index (χ3n) is 21.9. The molecule has 0 spiro atoms. The summed E-state index contributed by atoms with van der Waals surface area (Å²) in [6, 6.07) is -3.44. The second-order valence-electron chi connectivity index (χ2n) is 27.1. The van der Waals surface area contributed by atoms with E-state index < -0.39 is 65.3 Å². The van der Waals surface area contributed by atoms with Crippen LogP contribution in [0.5, 0.6) is 0 Å². The fourth-order valence-corrected chi connectivity index (χ4v) is 17.4. The maximum absolute atomic E-state index is 14.1. The Hall–Kier alpha value is -5.83. The van der Waals surface area contributed by atoms with Gasteiger partial charge in [0.15, 0.2) is 0 Å². The molecule has 0 aliphatic heterocycles. The fraction of sp³-hybridized carbons (Fsp3) is 0.823. The van der Waals surface area contributed by atoms with Crippen molar-refractivity contribution in [3.8, 4) is 0 Å². The van der Waals surface area contributed by atoms with E-state index in [2.05, 4.69) is 53.2 Å². The number of primary amides is 1. The Balaban J connectivity index is 0.660. The number of hydrogen-bond acceptors (Lipinski definition) is 11. The zero-order valence-corrected chi connectivity index (χ0v) is 49.3. The van der Waals surface area contributed by atoms with Gasteiger partial charge in [-0.15, -0.1) is 0 Å². The minimum Gasteiger partial charge on any atom is -0.369 e. The van der Waals surface area contributed by atoms with E-state index in [0.29, 0.717) is 122 Å². The molecule has 10 aliphatic rings. The molecule has 464 valence electrons. The lowest BCUT2D eigenvalue weighted by molar-refractivity contribution is -0.133. The van der Waals surface area contributed by atoms with Crippen LogP contribution in [0.15, 0.2) is 0 Å². The highest BCUT2D eigenvalue weighted by molar-refractivity contribution is 5.89. The van der Waals surface area contributed by atoms with E-state index in [1.807, 2.05) is 0 Å². The lowest BCUT2D eigenvalue weighted by atomic mass is 9.95. The van der Waals surface area contributed by atoms with Crippen LogP contribution in [0.1, 0.15) is 200 Å². The summed E-state index contributed by atoms with van der Waals surface area (Å²) in [5.41, 5.74) is 5.60. The van der Waals surface area contributed by atoms with Crippen molar-refractivity contribution in [1.29, 1.82) is 0 Å². The van der Waals surface area contributed by atoms with Gasteiger partial charge in [0.05, 0.1) is 59.2 Å². The molecule has 0 radical (unpaired) electrons. The summed E-state index contributed by atoms with van der Waals surface area (Å²) >= 11 is 0. The van der Waals surface area contributed by atoms with Crippen molar-refractivity contribution in [3.63, 3.8) is 0 Å². The number of nitrogens with two attached hydrogens (primary N) is 1. The van der Waals surface area contributed by atoms with Gasteiger partial charge in [-0.3, -0.25) is 52.7 Å². The van der Waals surface area contributed by atoms with E-state index in [4.69, 9.17) is 5.73 Å². The average Bonchev–Trinajstić information content (AvgIpc) is 4.01. The molecule has 84 heavy (non-hydrogen) atoms. The van der Waals surface area contributed by atoms with Gasteiger partial charge in [0.1, 0.15) is 0 Å². The molecule has 0 aromatic carbocycles. The van der Waals surface area contributed by atoms with Gasteiger partial charge < -0.3 is 58.9 Å². The smallest absolute Gasteiger partial charge is 0.225 e. The highest BCUT2D eigenvalue weighted by Gasteiger charge is 2.47. The summed E-state index contributed by atoms with van der Waals surface area (Å²) in [5.74, 6) is -6.40. The Bertz CT molecular complexity index is 2500. The molecule has 10 rings (SSSR count). The number of rotatable bonds is 20. The molecule has 0 unspecified atom stereocenters. The fourth-order valence-electron chi connectivity index (χ4n) is 17.4. The predicted octanol–water partition coefficient (Wildman–Crippen LogP) is 2.34. The predicted molar refractivity (Wildman–Crippen MR) is 308 cm³/mol. The summed E-state index contributed by atoms with van der Waals surface area (Å²) in [6.07, 6.45) is 20.7. The van der Waals surface area contributed by atoms with Crippen molar-refractivity contribution in [1.82, 2.24) is 53.2 Å². The van der Waals surface area contributed by atoms with Gasteiger partial charge in [-0.05, 0) is 128 Å². The Morgan fingerprint density at radius 1 is 0.214 bits per heavy atom. The Morgan fingerprint density at radius 2 is 0.345 bits per heavy atom. The zero-order chi connectivity index (χ0) is 59.2. The maximum atomic E-state index is 14.1. The van der Waals surface area contributed by atoms with Gasteiger partial charge in [0.2, 0.25) is 65.0 Å². The Kier molecular flexibility index (Phi) is 20.2. The van der Waals surface area contributed by atoms with E-state index in [-0.39, 0.29) is 119 Å². The molecule has 10 saturated carbocycles. The first kappa shape index (κ1) is 61.3. The van der Waals surface area contributed by atoms with E-state index in [0.717, 1.165) is 70.6 Å². The van der Waals surface area contributed by atoms with Gasteiger partial charge >= 0.3 is 0 Å². The summed E-state index contributed by atoms with van der Waals surface area (Å²) in [6.45, 7) is 1.45. The molecule has 0 aromatic rings. The van der Waals surface area contributed by atoms with Crippen molar-refractivity contribution in [2.75, 3.05) is 0 Å². The lowest BCUT2D eigenvalue weighted by Gasteiger charge is -2.29. The molecular formula is C62H95N11O11. The summed E-state index contributed by atoms with van der Waals surface area (Å²) in [5, 5.41) is 31.5. The lowest BCUT2D eigenvalue weighted by Crippen LogP contribution is -2.54. The van der Waals surface area contributed by atoms with Crippen LogP contribution >= 0.6 is 0 Å². The van der Waals surface area contributed by atoms with Gasteiger partial charge in [0.25, 0.3) is 0 Å². The van der Waals surface area contributed by atoms with Crippen LogP contribution in [0, 0.1) is 59.2 Å². The number of carbonyl (C=O) groups is 11. The highest BCUT2D eigenvalue weighted by atomic mass is 16.2. The molecule has 11 amide bonds. The maximum Gasteiger partial charge on any atom is 0.225 e. The minimum absolute atomic E-state index is 0.126. The highest BCUT2D eigenvalue weighted by Crippen LogP contribution is 2.37. The van der Waals surface area contributed by atoms with E-state index in [1.165, 1.54) is 6.92 Å². The first-order valence-electron chi connectivity index (χ1n) is 32.8. The monoisotopic (exact) mass is 1170 g/mol. The molecule has 0 aromatic heterocycles. The third-order valence-corrected chi connectivity index (χ3v) is 21.9. The van der Waals surface area contributed by atoms with E-state index >= 15 is 0 Å². The number of amides is 11. The summed E-state index contributed by atoms with van der Waals surface area (Å²) in [7, 11) is 0. The molecule has 0 saturated heterocycles. The zero-order valence-electron chi connectivity index (χ0n) is 49.3. The van der Waals surface area contributed by atoms with Crippen molar-refractivity contribution in [2.45, 2.75) is 260 Å². The van der Waals surface area contributed by atoms with E-state index in [9.17, 15) is 52.7 Å². The van der Waals surface area contributed by atoms with Crippen molar-refractivity contribution in [2.24, 2.45) is 64.9 Å². The van der Waals surface area contributed by atoms with Crippen molar-refractivity contribution < 1.29 is 52.7 Å². The van der Waals surface area contributed by atoms with Crippen LogP contribution in [-0.2, 0) is 52.7 Å². The molecule has 20 atom stereocenters. The van der Waals surface area contributed by atoms with E-state index in [1.54, 1.807) is 0 Å².